The quantitative estimate of drug-likeness (QED) is 0.830. The van der Waals surface area contributed by atoms with Gasteiger partial charge in [-0.2, -0.15) is 0 Å². The molecule has 0 saturated carbocycles. The Morgan fingerprint density at radius 2 is 2.26 bits per heavy atom. The van der Waals surface area contributed by atoms with Crippen LogP contribution in [0.15, 0.2) is 24.4 Å². The number of nitrogens with one attached hydrogen (secondary N) is 1. The van der Waals surface area contributed by atoms with Gasteiger partial charge in [-0.05, 0) is 18.1 Å². The van der Waals surface area contributed by atoms with Gasteiger partial charge in [0, 0.05) is 6.20 Å². The second-order valence-electron chi connectivity index (χ2n) is 4.67. The molecule has 0 fully saturated rings. The average molecular weight is 261 g/mol. The normalized spacial score (nSPS) is 14.3. The van der Waals surface area contributed by atoms with Gasteiger partial charge in [-0.3, -0.25) is 9.20 Å². The zero-order valence-corrected chi connectivity index (χ0v) is 11.2. The summed E-state index contributed by atoms with van der Waals surface area (Å²) in [5.74, 6) is 0.706. The maximum absolute atomic E-state index is 11.9. The van der Waals surface area contributed by atoms with Crippen molar-refractivity contribution in [2.24, 2.45) is 11.7 Å². The summed E-state index contributed by atoms with van der Waals surface area (Å²) in [6.07, 6.45) is 2.74. The number of nitrogens with zero attached hydrogens (tertiary/aromatic N) is 3. The highest BCUT2D eigenvalue weighted by atomic mass is 16.2. The molecule has 0 bridgehead atoms. The van der Waals surface area contributed by atoms with Gasteiger partial charge in [0.25, 0.3) is 0 Å². The van der Waals surface area contributed by atoms with Crippen molar-refractivity contribution in [3.05, 3.63) is 30.2 Å². The molecule has 0 aromatic carbocycles. The van der Waals surface area contributed by atoms with E-state index < -0.39 is 6.04 Å². The van der Waals surface area contributed by atoms with Gasteiger partial charge in [-0.1, -0.05) is 26.3 Å². The van der Waals surface area contributed by atoms with E-state index in [-0.39, 0.29) is 11.8 Å². The molecule has 19 heavy (non-hydrogen) atoms. The highest BCUT2D eigenvalue weighted by Crippen LogP contribution is 2.06. The Morgan fingerprint density at radius 3 is 3.00 bits per heavy atom. The first-order valence-corrected chi connectivity index (χ1v) is 6.45. The molecule has 6 nitrogen and oxygen atoms in total. The van der Waals surface area contributed by atoms with E-state index in [1.807, 2.05) is 42.6 Å². The molecule has 0 spiro atoms. The molecule has 0 saturated heterocycles. The second kappa shape index (κ2) is 5.79. The van der Waals surface area contributed by atoms with Gasteiger partial charge in [0.2, 0.25) is 5.91 Å². The molecule has 2 rings (SSSR count). The maximum Gasteiger partial charge on any atom is 0.237 e. The molecule has 2 aromatic rings. The fraction of sp³-hybridized carbons (Fsp3) is 0.462. The van der Waals surface area contributed by atoms with Gasteiger partial charge in [0.1, 0.15) is 0 Å². The maximum atomic E-state index is 11.9. The van der Waals surface area contributed by atoms with E-state index in [9.17, 15) is 4.79 Å². The first-order valence-electron chi connectivity index (χ1n) is 6.45. The first kappa shape index (κ1) is 13.5. The van der Waals surface area contributed by atoms with Crippen molar-refractivity contribution in [3.8, 4) is 0 Å². The van der Waals surface area contributed by atoms with E-state index in [0.29, 0.717) is 12.4 Å². The lowest BCUT2D eigenvalue weighted by Crippen LogP contribution is -2.44. The molecular weight excluding hydrogens is 242 g/mol. The molecule has 2 aromatic heterocycles. The molecule has 102 valence electrons. The van der Waals surface area contributed by atoms with Crippen LogP contribution in [-0.4, -0.2) is 26.5 Å². The second-order valence-corrected chi connectivity index (χ2v) is 4.67. The van der Waals surface area contributed by atoms with Crippen LogP contribution in [0.25, 0.3) is 5.65 Å². The number of hydrogen-bond donors (Lipinski definition) is 2. The van der Waals surface area contributed by atoms with Crippen molar-refractivity contribution in [2.45, 2.75) is 32.9 Å². The summed E-state index contributed by atoms with van der Waals surface area (Å²) >= 11 is 0. The number of hydrogen-bond acceptors (Lipinski definition) is 4. The van der Waals surface area contributed by atoms with Crippen molar-refractivity contribution in [2.75, 3.05) is 0 Å². The molecule has 0 unspecified atom stereocenters. The Hall–Kier alpha value is -1.95. The van der Waals surface area contributed by atoms with E-state index in [2.05, 4.69) is 15.5 Å². The Balaban J connectivity index is 2.01. The third-order valence-corrected chi connectivity index (χ3v) is 3.36. The van der Waals surface area contributed by atoms with Crippen LogP contribution in [0.3, 0.4) is 0 Å². The summed E-state index contributed by atoms with van der Waals surface area (Å²) in [5.41, 5.74) is 6.63. The molecule has 0 radical (unpaired) electrons. The van der Waals surface area contributed by atoms with Crippen molar-refractivity contribution in [1.82, 2.24) is 19.9 Å². The fourth-order valence-corrected chi connectivity index (χ4v) is 1.81. The van der Waals surface area contributed by atoms with E-state index in [1.54, 1.807) is 0 Å². The summed E-state index contributed by atoms with van der Waals surface area (Å²) in [4.78, 5) is 11.9. The van der Waals surface area contributed by atoms with Crippen molar-refractivity contribution in [1.29, 1.82) is 0 Å². The molecule has 2 atom stereocenters. The van der Waals surface area contributed by atoms with Gasteiger partial charge < -0.3 is 11.1 Å². The molecular formula is C13H19N5O. The molecule has 0 aliphatic carbocycles. The van der Waals surface area contributed by atoms with Gasteiger partial charge in [-0.15, -0.1) is 10.2 Å². The Labute approximate surface area is 112 Å². The third-order valence-electron chi connectivity index (χ3n) is 3.36. The molecule has 2 heterocycles. The Kier molecular flexibility index (Phi) is 4.11. The summed E-state index contributed by atoms with van der Waals surface area (Å²) in [6, 6.07) is 5.17. The first-order chi connectivity index (χ1) is 9.13. The predicted octanol–water partition coefficient (Wildman–Crippen LogP) is 0.719. The minimum absolute atomic E-state index is 0.151. The van der Waals surface area contributed by atoms with Crippen LogP contribution >= 0.6 is 0 Å². The lowest BCUT2D eigenvalue weighted by atomic mass is 9.99. The summed E-state index contributed by atoms with van der Waals surface area (Å²) in [5, 5.41) is 10.9. The number of nitrogens with two attached hydrogens (primary N) is 1. The number of rotatable bonds is 5. The summed E-state index contributed by atoms with van der Waals surface area (Å²) in [7, 11) is 0. The fourth-order valence-electron chi connectivity index (χ4n) is 1.81. The zero-order valence-electron chi connectivity index (χ0n) is 11.2. The van der Waals surface area contributed by atoms with Crippen LogP contribution in [0.2, 0.25) is 0 Å². The zero-order chi connectivity index (χ0) is 13.8. The molecule has 1 amide bonds. The molecule has 6 heteroatoms. The van der Waals surface area contributed by atoms with Crippen LogP contribution in [0.5, 0.6) is 0 Å². The van der Waals surface area contributed by atoms with Gasteiger partial charge in [0.05, 0.1) is 12.6 Å². The number of amides is 1. The average Bonchev–Trinajstić information content (AvgIpc) is 2.86. The lowest BCUT2D eigenvalue weighted by Gasteiger charge is -2.17. The van der Waals surface area contributed by atoms with Crippen LogP contribution in [0.1, 0.15) is 26.1 Å². The van der Waals surface area contributed by atoms with Crippen LogP contribution < -0.4 is 11.1 Å². The molecule has 0 aliphatic heterocycles. The van der Waals surface area contributed by atoms with Crippen LogP contribution in [-0.2, 0) is 11.3 Å². The summed E-state index contributed by atoms with van der Waals surface area (Å²) in [6.45, 7) is 4.31. The van der Waals surface area contributed by atoms with Crippen LogP contribution in [0.4, 0.5) is 0 Å². The SMILES string of the molecule is CC[C@H](C)[C@H](N)C(=O)NCc1nnc2ccccn12. The molecule has 3 N–H and O–H groups in total. The Morgan fingerprint density at radius 1 is 1.47 bits per heavy atom. The number of carbonyl (C=O) groups excluding carboxylic acids is 1. The van der Waals surface area contributed by atoms with Gasteiger partial charge in [-0.25, -0.2) is 0 Å². The van der Waals surface area contributed by atoms with Crippen molar-refractivity contribution < 1.29 is 4.79 Å². The minimum Gasteiger partial charge on any atom is -0.347 e. The highest BCUT2D eigenvalue weighted by molar-refractivity contribution is 5.81. The Bertz CT molecular complexity index is 565. The number of pyridine rings is 1. The number of fused-ring (bicyclic) bond motifs is 1. The van der Waals surface area contributed by atoms with Gasteiger partial charge in [0.15, 0.2) is 11.5 Å². The monoisotopic (exact) mass is 261 g/mol. The third kappa shape index (κ3) is 2.90. The number of aromatic nitrogens is 3. The van der Waals surface area contributed by atoms with Crippen molar-refractivity contribution >= 4 is 11.6 Å². The largest absolute Gasteiger partial charge is 0.347 e. The highest BCUT2D eigenvalue weighted by Gasteiger charge is 2.19. The van der Waals surface area contributed by atoms with E-state index in [1.165, 1.54) is 0 Å². The standard InChI is InChI=1S/C13H19N5O/c1-3-9(2)12(14)13(19)15-8-11-17-16-10-6-4-5-7-18(10)11/h4-7,9,12H,3,8,14H2,1-2H3,(H,15,19)/t9-,12-/m0/s1. The summed E-state index contributed by atoms with van der Waals surface area (Å²) < 4.78 is 1.84. The lowest BCUT2D eigenvalue weighted by molar-refractivity contribution is -0.123. The van der Waals surface area contributed by atoms with E-state index >= 15 is 0 Å². The van der Waals surface area contributed by atoms with Crippen LogP contribution in [0, 0.1) is 5.92 Å². The predicted molar refractivity (Wildman–Crippen MR) is 72.3 cm³/mol. The minimum atomic E-state index is -0.482. The topological polar surface area (TPSA) is 85.3 Å². The van der Waals surface area contributed by atoms with E-state index in [0.717, 1.165) is 12.1 Å². The van der Waals surface area contributed by atoms with E-state index in [4.69, 9.17) is 5.73 Å². The molecule has 0 aliphatic rings. The smallest absolute Gasteiger partial charge is 0.237 e. The van der Waals surface area contributed by atoms with Crippen molar-refractivity contribution in [3.63, 3.8) is 0 Å². The number of carbonyl (C=O) groups is 1. The van der Waals surface area contributed by atoms with Gasteiger partial charge >= 0.3 is 0 Å².